The molecule has 0 radical (unpaired) electrons. The molecule has 1 aliphatic rings. The number of aldehydes is 1. The highest BCUT2D eigenvalue weighted by atomic mass is 28.4. The van der Waals surface area contributed by atoms with Crippen molar-refractivity contribution in [2.24, 2.45) is 0 Å². The normalized spacial score (nSPS) is 26.5. The lowest BCUT2D eigenvalue weighted by Crippen LogP contribution is -2.56. The highest BCUT2D eigenvalue weighted by Gasteiger charge is 2.47. The van der Waals surface area contributed by atoms with Crippen LogP contribution in [-0.2, 0) is 18.7 Å². The topological polar surface area (TPSA) is 102 Å². The van der Waals surface area contributed by atoms with Crippen molar-refractivity contribution in [3.8, 4) is 0 Å². The quantitative estimate of drug-likeness (QED) is 0.387. The van der Waals surface area contributed by atoms with E-state index < -0.39 is 38.9 Å². The zero-order valence-electron chi connectivity index (χ0n) is 15.3. The summed E-state index contributed by atoms with van der Waals surface area (Å²) >= 11 is 0. The van der Waals surface area contributed by atoms with Gasteiger partial charge < -0.3 is 24.1 Å². The van der Waals surface area contributed by atoms with Crippen LogP contribution in [0.15, 0.2) is 0 Å². The predicted octanol–water partition coefficient (Wildman–Crippen LogP) is 2.00. The Morgan fingerprint density at radius 3 is 2.04 bits per heavy atom. The van der Waals surface area contributed by atoms with Gasteiger partial charge in [-0.05, 0) is 16.6 Å². The van der Waals surface area contributed by atoms with Gasteiger partial charge in [0, 0.05) is 0 Å². The first-order chi connectivity index (χ1) is 11.1. The molecule has 7 nitrogen and oxygen atoms in total. The van der Waals surface area contributed by atoms with Crippen molar-refractivity contribution in [3.63, 3.8) is 0 Å². The van der Waals surface area contributed by atoms with Crippen LogP contribution in [0.5, 0.6) is 0 Å². The predicted molar refractivity (Wildman–Crippen MR) is 90.2 cm³/mol. The minimum Gasteiger partial charge on any atom is -0.425 e. The van der Waals surface area contributed by atoms with Crippen molar-refractivity contribution in [1.82, 2.24) is 0 Å². The number of rotatable bonds is 8. The molecule has 0 amide bonds. The van der Waals surface area contributed by atoms with Gasteiger partial charge in [0.2, 0.25) is 0 Å². The summed E-state index contributed by atoms with van der Waals surface area (Å²) in [5.74, 6) is 0. The number of ether oxygens (including phenoxy) is 2. The zero-order valence-corrected chi connectivity index (χ0v) is 16.3. The van der Waals surface area contributed by atoms with Crippen LogP contribution in [0.25, 0.3) is 0 Å². The number of carbonyl (C=O) groups is 2. The number of aliphatic hydroxyl groups is 2. The first-order valence-electron chi connectivity index (χ1n) is 8.40. The van der Waals surface area contributed by atoms with Gasteiger partial charge in [0.05, 0.1) is 6.61 Å². The summed E-state index contributed by atoms with van der Waals surface area (Å²) in [5, 5.41) is 20.4. The second-order valence-electron chi connectivity index (χ2n) is 7.24. The average molecular weight is 362 g/mol. The Morgan fingerprint density at radius 2 is 1.62 bits per heavy atom. The maximum Gasteiger partial charge on any atom is 0.509 e. The molecule has 8 heteroatoms. The fourth-order valence-corrected chi connectivity index (χ4v) is 9.27. The maximum atomic E-state index is 11.4. The van der Waals surface area contributed by atoms with Crippen molar-refractivity contribution in [2.45, 2.75) is 82.6 Å². The Bertz CT molecular complexity index is 416. The van der Waals surface area contributed by atoms with Gasteiger partial charge in [-0.25, -0.2) is 4.79 Å². The van der Waals surface area contributed by atoms with Crippen molar-refractivity contribution < 1.29 is 33.7 Å². The molecule has 1 heterocycles. The van der Waals surface area contributed by atoms with E-state index in [-0.39, 0.29) is 6.61 Å². The van der Waals surface area contributed by atoms with Gasteiger partial charge in [0.15, 0.2) is 26.8 Å². The molecule has 4 atom stereocenters. The molecule has 1 saturated heterocycles. The largest absolute Gasteiger partial charge is 0.509 e. The SMILES string of the molecule is CC(C)[Si](OCC(O)C1OC(=O)OC(C=O)C1O)(C(C)C)C(C)C. The van der Waals surface area contributed by atoms with Crippen molar-refractivity contribution in [2.75, 3.05) is 6.61 Å². The summed E-state index contributed by atoms with van der Waals surface area (Å²) in [4.78, 5) is 22.2. The number of hydrogen-bond donors (Lipinski definition) is 2. The summed E-state index contributed by atoms with van der Waals surface area (Å²) in [6, 6.07) is 0. The summed E-state index contributed by atoms with van der Waals surface area (Å²) in [6.07, 6.45) is -6.01. The highest BCUT2D eigenvalue weighted by molar-refractivity contribution is 6.77. The van der Waals surface area contributed by atoms with Crippen LogP contribution in [0, 0.1) is 0 Å². The van der Waals surface area contributed by atoms with Gasteiger partial charge in [-0.3, -0.25) is 4.79 Å². The number of carbonyl (C=O) groups excluding carboxylic acids is 2. The molecule has 0 aromatic heterocycles. The van der Waals surface area contributed by atoms with E-state index in [1.807, 2.05) is 0 Å². The molecule has 4 unspecified atom stereocenters. The summed E-state index contributed by atoms with van der Waals surface area (Å²) in [7, 11) is -2.20. The molecule has 1 rings (SSSR count). The van der Waals surface area contributed by atoms with E-state index in [2.05, 4.69) is 46.3 Å². The third-order valence-corrected chi connectivity index (χ3v) is 10.9. The monoisotopic (exact) mass is 362 g/mol. The molecule has 2 N–H and O–H groups in total. The zero-order chi connectivity index (χ0) is 18.7. The van der Waals surface area contributed by atoms with E-state index in [1.165, 1.54) is 0 Å². The average Bonchev–Trinajstić information content (AvgIpc) is 2.48. The fraction of sp³-hybridized carbons (Fsp3) is 0.875. The van der Waals surface area contributed by atoms with E-state index >= 15 is 0 Å². The van der Waals surface area contributed by atoms with E-state index in [0.717, 1.165) is 0 Å². The number of hydrogen-bond acceptors (Lipinski definition) is 7. The van der Waals surface area contributed by atoms with Gasteiger partial charge in [0.1, 0.15) is 12.2 Å². The third-order valence-electron chi connectivity index (χ3n) is 4.86. The molecular formula is C16H30O7Si. The Balaban J connectivity index is 2.87. The molecular weight excluding hydrogens is 332 g/mol. The molecule has 0 aromatic carbocycles. The van der Waals surface area contributed by atoms with Crippen LogP contribution in [0.2, 0.25) is 16.6 Å². The lowest BCUT2D eigenvalue weighted by atomic mass is 10.0. The van der Waals surface area contributed by atoms with Crippen molar-refractivity contribution >= 4 is 20.8 Å². The Labute approximate surface area is 144 Å². The molecule has 0 spiro atoms. The van der Waals surface area contributed by atoms with Crippen LogP contribution in [0.4, 0.5) is 4.79 Å². The molecule has 1 fully saturated rings. The molecule has 0 bridgehead atoms. The van der Waals surface area contributed by atoms with Gasteiger partial charge >= 0.3 is 6.16 Å². The van der Waals surface area contributed by atoms with E-state index in [0.29, 0.717) is 22.9 Å². The molecule has 0 aromatic rings. The molecule has 24 heavy (non-hydrogen) atoms. The smallest absolute Gasteiger partial charge is 0.425 e. The fourth-order valence-electron chi connectivity index (χ4n) is 3.82. The summed E-state index contributed by atoms with van der Waals surface area (Å²) < 4.78 is 15.7. The minimum absolute atomic E-state index is 0.0681. The standard InChI is InChI=1S/C16H30O7Si/c1-9(2)24(10(3)4,11(5)6)21-8-12(18)15-14(19)13(7-17)22-16(20)23-15/h7,9-15,18-19H,8H2,1-6H3. The van der Waals surface area contributed by atoms with Crippen molar-refractivity contribution in [3.05, 3.63) is 0 Å². The van der Waals surface area contributed by atoms with Crippen LogP contribution in [0.3, 0.4) is 0 Å². The third kappa shape index (κ3) is 4.16. The highest BCUT2D eigenvalue weighted by Crippen LogP contribution is 2.42. The van der Waals surface area contributed by atoms with Gasteiger partial charge in [-0.2, -0.15) is 0 Å². The summed E-state index contributed by atoms with van der Waals surface area (Å²) in [5.41, 5.74) is 0.985. The van der Waals surface area contributed by atoms with Crippen LogP contribution in [0.1, 0.15) is 41.5 Å². The van der Waals surface area contributed by atoms with Crippen LogP contribution < -0.4 is 0 Å². The lowest BCUT2D eigenvalue weighted by Gasteiger charge is -2.43. The molecule has 1 aliphatic heterocycles. The molecule has 0 aliphatic carbocycles. The van der Waals surface area contributed by atoms with Crippen LogP contribution in [-0.4, -0.2) is 62.0 Å². The number of cyclic esters (lactones) is 2. The Morgan fingerprint density at radius 1 is 1.12 bits per heavy atom. The Kier molecular flexibility index (Phi) is 7.39. The first kappa shape index (κ1) is 21.1. The number of aliphatic hydroxyl groups excluding tert-OH is 2. The second kappa shape index (κ2) is 8.42. The van der Waals surface area contributed by atoms with Crippen molar-refractivity contribution in [1.29, 1.82) is 0 Å². The minimum atomic E-state index is -2.20. The molecule has 140 valence electrons. The molecule has 0 saturated carbocycles. The van der Waals surface area contributed by atoms with Gasteiger partial charge in [-0.15, -0.1) is 0 Å². The van der Waals surface area contributed by atoms with Gasteiger partial charge in [-0.1, -0.05) is 41.5 Å². The second-order valence-corrected chi connectivity index (χ2v) is 12.7. The van der Waals surface area contributed by atoms with E-state index in [1.54, 1.807) is 0 Å². The van der Waals surface area contributed by atoms with Gasteiger partial charge in [0.25, 0.3) is 0 Å². The Hall–Kier alpha value is -0.963. The first-order valence-corrected chi connectivity index (χ1v) is 10.5. The maximum absolute atomic E-state index is 11.4. The van der Waals surface area contributed by atoms with E-state index in [4.69, 9.17) is 9.16 Å². The van der Waals surface area contributed by atoms with E-state index in [9.17, 15) is 19.8 Å². The van der Waals surface area contributed by atoms with Crippen LogP contribution >= 0.6 is 0 Å². The lowest BCUT2D eigenvalue weighted by molar-refractivity contribution is -0.173. The summed E-state index contributed by atoms with van der Waals surface area (Å²) in [6.45, 7) is 12.6.